The molecule has 12 heteroatoms. The first-order chi connectivity index (χ1) is 11.9. The number of amides is 1. The molecule has 1 unspecified atom stereocenters. The smallest absolute Gasteiger partial charge is 0.391 e. The monoisotopic (exact) mass is 398 g/mol. The summed E-state index contributed by atoms with van der Waals surface area (Å²) in [4.78, 5) is 22.6. The van der Waals surface area contributed by atoms with Gasteiger partial charge in [-0.15, -0.1) is 0 Å². The predicted octanol–water partition coefficient (Wildman–Crippen LogP) is 1.51. The van der Waals surface area contributed by atoms with Crippen LogP contribution in [0, 0.1) is 6.92 Å². The molecule has 1 fully saturated rings. The molecule has 0 bridgehead atoms. The van der Waals surface area contributed by atoms with Crippen molar-refractivity contribution < 1.29 is 40.7 Å². The van der Waals surface area contributed by atoms with Gasteiger partial charge < -0.3 is 14.8 Å². The molecule has 0 aliphatic carbocycles. The molecule has 1 aliphatic heterocycles. The van der Waals surface area contributed by atoms with Crippen LogP contribution in [0.4, 0.5) is 13.2 Å². The predicted molar refractivity (Wildman–Crippen MR) is 81.0 cm³/mol. The van der Waals surface area contributed by atoms with E-state index in [1.807, 2.05) is 0 Å². The fraction of sp³-hybridized carbons (Fsp3) is 0.571. The highest BCUT2D eigenvalue weighted by Gasteiger charge is 2.37. The van der Waals surface area contributed by atoms with Crippen LogP contribution in [0.5, 0.6) is 0 Å². The van der Waals surface area contributed by atoms with Gasteiger partial charge in [0.05, 0.1) is 6.42 Å². The minimum atomic E-state index is -4.81. The molecule has 8 nitrogen and oxygen atoms in total. The van der Waals surface area contributed by atoms with Gasteiger partial charge in [-0.3, -0.25) is 4.79 Å². The first kappa shape index (κ1) is 20.2. The van der Waals surface area contributed by atoms with Crippen molar-refractivity contribution in [3.63, 3.8) is 0 Å². The van der Waals surface area contributed by atoms with Gasteiger partial charge in [0, 0.05) is 19.2 Å². The lowest BCUT2D eigenvalue weighted by Crippen LogP contribution is -2.43. The molecule has 0 saturated carbocycles. The number of nitrogens with zero attached hydrogens (tertiary/aromatic N) is 1. The molecule has 2 N–H and O–H groups in total. The number of sulfonamides is 1. The lowest BCUT2D eigenvalue weighted by Gasteiger charge is -2.15. The van der Waals surface area contributed by atoms with Gasteiger partial charge in [-0.25, -0.2) is 13.2 Å². The van der Waals surface area contributed by atoms with Crippen molar-refractivity contribution in [1.29, 1.82) is 0 Å². The number of aryl methyl sites for hydroxylation is 1. The van der Waals surface area contributed by atoms with E-state index >= 15 is 0 Å². The highest BCUT2D eigenvalue weighted by molar-refractivity contribution is 7.89. The molecule has 2 heterocycles. The number of nitrogens with one attached hydrogen (secondary N) is 1. The van der Waals surface area contributed by atoms with Crippen molar-refractivity contribution in [2.45, 2.75) is 43.3 Å². The molecule has 0 aromatic carbocycles. The highest BCUT2D eigenvalue weighted by atomic mass is 32.2. The number of carbonyl (C=O) groups excluding carboxylic acids is 1. The first-order valence-electron chi connectivity index (χ1n) is 7.63. The zero-order valence-corrected chi connectivity index (χ0v) is 14.5. The van der Waals surface area contributed by atoms with Gasteiger partial charge in [0.1, 0.15) is 16.7 Å². The Morgan fingerprint density at radius 1 is 1.35 bits per heavy atom. The van der Waals surface area contributed by atoms with Crippen LogP contribution in [0.1, 0.15) is 35.6 Å². The number of hydrogen-bond donors (Lipinski definition) is 2. The van der Waals surface area contributed by atoms with E-state index in [-0.39, 0.29) is 10.7 Å². The van der Waals surface area contributed by atoms with E-state index in [1.165, 1.54) is 11.2 Å². The molecule has 0 spiro atoms. The summed E-state index contributed by atoms with van der Waals surface area (Å²) in [6.07, 6.45) is -5.19. The number of alkyl halides is 3. The second-order valence-corrected chi connectivity index (χ2v) is 7.73. The number of halogens is 3. The number of carbonyl (C=O) groups is 2. The largest absolute Gasteiger partial charge is 0.480 e. The van der Waals surface area contributed by atoms with Gasteiger partial charge in [0.15, 0.2) is 5.76 Å². The Bertz CT molecular complexity index is 796. The van der Waals surface area contributed by atoms with E-state index in [9.17, 15) is 31.2 Å². The quantitative estimate of drug-likeness (QED) is 0.750. The number of hydrogen-bond acceptors (Lipinski definition) is 5. The third-order valence-corrected chi connectivity index (χ3v) is 5.82. The maximum absolute atomic E-state index is 12.5. The third kappa shape index (κ3) is 4.55. The standard InChI is InChI=1S/C14H17F3N2O6S/c1-8-11(26(23,24)19-4-2-3-5-19)6-10(25-8)12(20)18-9(13(21)22)7-14(15,16)17/h6,9H,2-5,7H2,1H3,(H,18,20)(H,21,22). The van der Waals surface area contributed by atoms with Crippen LogP contribution in [0.3, 0.4) is 0 Å². The van der Waals surface area contributed by atoms with Crippen LogP contribution in [0.25, 0.3) is 0 Å². The van der Waals surface area contributed by atoms with Gasteiger partial charge in [0.2, 0.25) is 10.0 Å². The zero-order chi connectivity index (χ0) is 19.7. The molecule has 1 aromatic rings. The summed E-state index contributed by atoms with van der Waals surface area (Å²) in [7, 11) is -3.89. The summed E-state index contributed by atoms with van der Waals surface area (Å²) < 4.78 is 68.4. The molecular weight excluding hydrogens is 381 g/mol. The number of rotatable bonds is 6. The second kappa shape index (κ2) is 7.27. The van der Waals surface area contributed by atoms with Crippen molar-refractivity contribution in [2.24, 2.45) is 0 Å². The molecule has 2 rings (SSSR count). The molecule has 1 saturated heterocycles. The minimum absolute atomic E-state index is 0.107. The van der Waals surface area contributed by atoms with Crippen LogP contribution in [-0.2, 0) is 14.8 Å². The number of carboxylic acids is 1. The molecule has 1 amide bonds. The van der Waals surface area contributed by atoms with E-state index in [4.69, 9.17) is 9.52 Å². The third-order valence-electron chi connectivity index (χ3n) is 3.82. The number of carboxylic acid groups (broad SMARTS) is 1. The van der Waals surface area contributed by atoms with Crippen molar-refractivity contribution in [1.82, 2.24) is 9.62 Å². The SMILES string of the molecule is Cc1oc(C(=O)NC(CC(F)(F)F)C(=O)O)cc1S(=O)(=O)N1CCCC1. The van der Waals surface area contributed by atoms with Crippen LogP contribution in [0.2, 0.25) is 0 Å². The topological polar surface area (TPSA) is 117 Å². The van der Waals surface area contributed by atoms with Crippen LogP contribution >= 0.6 is 0 Å². The summed E-state index contributed by atoms with van der Waals surface area (Å²) in [5.74, 6) is -3.80. The lowest BCUT2D eigenvalue weighted by atomic mass is 10.2. The molecule has 1 aliphatic rings. The van der Waals surface area contributed by atoms with Gasteiger partial charge in [-0.1, -0.05) is 0 Å². The summed E-state index contributed by atoms with van der Waals surface area (Å²) >= 11 is 0. The average molecular weight is 398 g/mol. The van der Waals surface area contributed by atoms with Crippen LogP contribution in [-0.4, -0.2) is 55.0 Å². The Kier molecular flexibility index (Phi) is 5.66. The molecule has 26 heavy (non-hydrogen) atoms. The Labute approximate surface area is 147 Å². The minimum Gasteiger partial charge on any atom is -0.480 e. The molecule has 146 valence electrons. The Morgan fingerprint density at radius 2 is 1.92 bits per heavy atom. The lowest BCUT2D eigenvalue weighted by molar-refractivity contribution is -0.157. The summed E-state index contributed by atoms with van der Waals surface area (Å²) in [5.41, 5.74) is 0. The molecular formula is C14H17F3N2O6S. The second-order valence-electron chi connectivity index (χ2n) is 5.83. The fourth-order valence-electron chi connectivity index (χ4n) is 2.56. The average Bonchev–Trinajstić information content (AvgIpc) is 3.14. The summed E-state index contributed by atoms with van der Waals surface area (Å²) in [6.45, 7) is 1.94. The van der Waals surface area contributed by atoms with Gasteiger partial charge in [0.25, 0.3) is 5.91 Å². The maximum atomic E-state index is 12.5. The zero-order valence-electron chi connectivity index (χ0n) is 13.7. The van der Waals surface area contributed by atoms with Crippen molar-refractivity contribution in [3.8, 4) is 0 Å². The number of furan rings is 1. The summed E-state index contributed by atoms with van der Waals surface area (Å²) in [6, 6.07) is -1.32. The van der Waals surface area contributed by atoms with E-state index in [2.05, 4.69) is 0 Å². The van der Waals surface area contributed by atoms with Crippen LogP contribution in [0.15, 0.2) is 15.4 Å². The van der Waals surface area contributed by atoms with E-state index < -0.39 is 46.3 Å². The Morgan fingerprint density at radius 3 is 2.42 bits per heavy atom. The summed E-state index contributed by atoms with van der Waals surface area (Å²) in [5, 5.41) is 10.5. The van der Waals surface area contributed by atoms with E-state index in [0.717, 1.165) is 6.07 Å². The fourth-order valence-corrected chi connectivity index (χ4v) is 4.24. The normalized spacial score (nSPS) is 17.2. The van der Waals surface area contributed by atoms with E-state index in [1.54, 1.807) is 5.32 Å². The van der Waals surface area contributed by atoms with Gasteiger partial charge in [-0.05, 0) is 19.8 Å². The molecule has 0 radical (unpaired) electrons. The van der Waals surface area contributed by atoms with Crippen molar-refractivity contribution in [3.05, 3.63) is 17.6 Å². The van der Waals surface area contributed by atoms with Crippen LogP contribution < -0.4 is 5.32 Å². The van der Waals surface area contributed by atoms with E-state index in [0.29, 0.717) is 25.9 Å². The maximum Gasteiger partial charge on any atom is 0.391 e. The van der Waals surface area contributed by atoms with Crippen molar-refractivity contribution in [2.75, 3.05) is 13.1 Å². The van der Waals surface area contributed by atoms with Gasteiger partial charge in [-0.2, -0.15) is 17.5 Å². The Hall–Kier alpha value is -2.08. The molecule has 1 aromatic heterocycles. The first-order valence-corrected chi connectivity index (χ1v) is 9.07. The van der Waals surface area contributed by atoms with Gasteiger partial charge >= 0.3 is 12.1 Å². The molecule has 1 atom stereocenters. The van der Waals surface area contributed by atoms with Crippen molar-refractivity contribution >= 4 is 21.9 Å². The highest BCUT2D eigenvalue weighted by Crippen LogP contribution is 2.27. The number of aliphatic carboxylic acids is 1. The Balaban J connectivity index is 2.21.